The Hall–Kier alpha value is -3.48. The molecule has 23 heavy (non-hydrogen) atoms. The number of fused-ring (bicyclic) bond motifs is 1. The second-order valence-corrected chi connectivity index (χ2v) is 4.79. The maximum absolute atomic E-state index is 12.3. The Morgan fingerprint density at radius 3 is 2.57 bits per heavy atom. The number of non-ortho nitro benzene ring substituents is 1. The normalized spacial score (nSPS) is 10.4. The maximum atomic E-state index is 12.3. The number of rotatable bonds is 3. The average Bonchev–Trinajstić information content (AvgIpc) is 2.57. The highest BCUT2D eigenvalue weighted by Crippen LogP contribution is 2.29. The number of carbonyl (C=O) groups is 1. The van der Waals surface area contributed by atoms with Crippen molar-refractivity contribution in [3.8, 4) is 5.75 Å². The molecule has 7 heteroatoms. The predicted molar refractivity (Wildman–Crippen MR) is 84.5 cm³/mol. The number of hydrogen-bond donors (Lipinski definition) is 2. The van der Waals surface area contributed by atoms with Crippen molar-refractivity contribution in [3.05, 3.63) is 70.4 Å². The lowest BCUT2D eigenvalue weighted by Gasteiger charge is -2.09. The largest absolute Gasteiger partial charge is 0.506 e. The molecule has 1 aromatic heterocycles. The molecule has 7 nitrogen and oxygen atoms in total. The molecule has 0 aliphatic heterocycles. The number of amides is 1. The molecule has 0 saturated carbocycles. The Bertz CT molecular complexity index is 907. The molecular formula is C16H11N3O4. The third kappa shape index (κ3) is 2.80. The second kappa shape index (κ2) is 5.72. The minimum atomic E-state index is -0.527. The minimum absolute atomic E-state index is 0.0222. The Morgan fingerprint density at radius 2 is 1.87 bits per heavy atom. The molecule has 0 aliphatic rings. The van der Waals surface area contributed by atoms with Crippen molar-refractivity contribution in [2.24, 2.45) is 0 Å². The number of nitrogens with one attached hydrogen (secondary N) is 1. The van der Waals surface area contributed by atoms with Crippen LogP contribution < -0.4 is 5.32 Å². The number of hydrogen-bond acceptors (Lipinski definition) is 5. The van der Waals surface area contributed by atoms with Gasteiger partial charge in [-0.1, -0.05) is 0 Å². The van der Waals surface area contributed by atoms with Gasteiger partial charge in [-0.3, -0.25) is 19.9 Å². The summed E-state index contributed by atoms with van der Waals surface area (Å²) >= 11 is 0. The Labute approximate surface area is 130 Å². The molecule has 0 fully saturated rings. The van der Waals surface area contributed by atoms with E-state index in [9.17, 15) is 20.0 Å². The van der Waals surface area contributed by atoms with Crippen molar-refractivity contribution in [1.29, 1.82) is 0 Å². The molecule has 2 N–H and O–H groups in total. The van der Waals surface area contributed by atoms with Crippen LogP contribution in [0.3, 0.4) is 0 Å². The zero-order chi connectivity index (χ0) is 16.4. The van der Waals surface area contributed by atoms with Gasteiger partial charge >= 0.3 is 0 Å². The highest BCUT2D eigenvalue weighted by Gasteiger charge is 2.12. The van der Waals surface area contributed by atoms with Crippen molar-refractivity contribution in [2.75, 3.05) is 5.32 Å². The van der Waals surface area contributed by atoms with E-state index in [4.69, 9.17) is 0 Å². The highest BCUT2D eigenvalue weighted by molar-refractivity contribution is 6.09. The number of aromatic hydroxyl groups is 1. The topological polar surface area (TPSA) is 105 Å². The van der Waals surface area contributed by atoms with Crippen LogP contribution in [0.15, 0.2) is 54.7 Å². The fraction of sp³-hybridized carbons (Fsp3) is 0. The monoisotopic (exact) mass is 309 g/mol. The van der Waals surface area contributed by atoms with Gasteiger partial charge in [-0.2, -0.15) is 0 Å². The van der Waals surface area contributed by atoms with Crippen LogP contribution in [-0.4, -0.2) is 20.9 Å². The third-order valence-corrected chi connectivity index (χ3v) is 3.34. The molecule has 0 bridgehead atoms. The molecule has 1 heterocycles. The maximum Gasteiger partial charge on any atom is 0.269 e. The number of nitro groups is 1. The van der Waals surface area contributed by atoms with E-state index in [1.165, 1.54) is 30.3 Å². The number of pyridine rings is 1. The van der Waals surface area contributed by atoms with Gasteiger partial charge in [0, 0.05) is 29.3 Å². The summed E-state index contributed by atoms with van der Waals surface area (Å²) in [5.41, 5.74) is 1.09. The summed E-state index contributed by atoms with van der Waals surface area (Å²) in [4.78, 5) is 26.4. The molecule has 0 unspecified atom stereocenters. The summed E-state index contributed by atoms with van der Waals surface area (Å²) in [6, 6.07) is 11.7. The molecule has 0 radical (unpaired) electrons. The lowest BCUT2D eigenvalue weighted by Crippen LogP contribution is -2.12. The Morgan fingerprint density at radius 1 is 1.13 bits per heavy atom. The SMILES string of the molecule is O=C(Nc1ccc(O)c2ncccc12)c1ccc([N+](=O)[O-])cc1. The zero-order valence-corrected chi connectivity index (χ0v) is 11.8. The van der Waals surface area contributed by atoms with Crippen LogP contribution in [0.4, 0.5) is 11.4 Å². The van der Waals surface area contributed by atoms with E-state index in [2.05, 4.69) is 10.3 Å². The van der Waals surface area contributed by atoms with E-state index in [1.54, 1.807) is 24.4 Å². The molecule has 3 aromatic rings. The van der Waals surface area contributed by atoms with E-state index < -0.39 is 10.8 Å². The fourth-order valence-corrected chi connectivity index (χ4v) is 2.20. The fourth-order valence-electron chi connectivity index (χ4n) is 2.20. The Balaban J connectivity index is 1.91. The summed E-state index contributed by atoms with van der Waals surface area (Å²) < 4.78 is 0. The van der Waals surface area contributed by atoms with Gasteiger partial charge in [-0.15, -0.1) is 0 Å². The summed E-state index contributed by atoms with van der Waals surface area (Å²) in [5, 5.41) is 23.7. The number of nitro benzene ring substituents is 1. The number of benzene rings is 2. The summed E-state index contributed by atoms with van der Waals surface area (Å²) in [6.07, 6.45) is 1.55. The molecule has 0 aliphatic carbocycles. The number of nitrogens with zero attached hydrogens (tertiary/aromatic N) is 2. The predicted octanol–water partition coefficient (Wildman–Crippen LogP) is 3.10. The number of aromatic nitrogens is 1. The van der Waals surface area contributed by atoms with Gasteiger partial charge in [0.15, 0.2) is 0 Å². The van der Waals surface area contributed by atoms with Gasteiger partial charge in [0.1, 0.15) is 11.3 Å². The highest BCUT2D eigenvalue weighted by atomic mass is 16.6. The Kier molecular flexibility index (Phi) is 3.60. The van der Waals surface area contributed by atoms with Crippen molar-refractivity contribution >= 4 is 28.2 Å². The number of phenols is 1. The second-order valence-electron chi connectivity index (χ2n) is 4.79. The van der Waals surface area contributed by atoms with Gasteiger partial charge < -0.3 is 10.4 Å². The minimum Gasteiger partial charge on any atom is -0.506 e. The molecular weight excluding hydrogens is 298 g/mol. The molecule has 2 aromatic carbocycles. The lowest BCUT2D eigenvalue weighted by atomic mass is 10.1. The first kappa shape index (κ1) is 14.5. The first-order valence-electron chi connectivity index (χ1n) is 6.69. The van der Waals surface area contributed by atoms with E-state index in [0.717, 1.165) is 0 Å². The van der Waals surface area contributed by atoms with Gasteiger partial charge in [0.2, 0.25) is 0 Å². The third-order valence-electron chi connectivity index (χ3n) is 3.34. The smallest absolute Gasteiger partial charge is 0.269 e. The standard InChI is InChI=1S/C16H11N3O4/c20-14-8-7-13(12-2-1-9-17-15(12)14)18-16(21)10-3-5-11(6-4-10)19(22)23/h1-9,20H,(H,18,21). The van der Waals surface area contributed by atoms with Crippen LogP contribution in [0.5, 0.6) is 5.75 Å². The zero-order valence-electron chi connectivity index (χ0n) is 11.8. The molecule has 0 saturated heterocycles. The van der Waals surface area contributed by atoms with Crippen molar-refractivity contribution in [1.82, 2.24) is 4.98 Å². The van der Waals surface area contributed by atoms with Crippen molar-refractivity contribution < 1.29 is 14.8 Å². The molecule has 0 atom stereocenters. The van der Waals surface area contributed by atoms with E-state index in [1.807, 2.05) is 0 Å². The number of carbonyl (C=O) groups excluding carboxylic acids is 1. The lowest BCUT2D eigenvalue weighted by molar-refractivity contribution is -0.384. The summed E-state index contributed by atoms with van der Waals surface area (Å²) in [5.74, 6) is -0.385. The van der Waals surface area contributed by atoms with Crippen LogP contribution in [0, 0.1) is 10.1 Å². The van der Waals surface area contributed by atoms with E-state index >= 15 is 0 Å². The molecule has 1 amide bonds. The van der Waals surface area contributed by atoms with E-state index in [-0.39, 0.29) is 11.4 Å². The summed E-state index contributed by atoms with van der Waals surface area (Å²) in [7, 11) is 0. The van der Waals surface area contributed by atoms with Gasteiger partial charge in [0.25, 0.3) is 11.6 Å². The van der Waals surface area contributed by atoms with Crippen LogP contribution in [0.25, 0.3) is 10.9 Å². The summed E-state index contributed by atoms with van der Waals surface area (Å²) in [6.45, 7) is 0. The molecule has 3 rings (SSSR count). The van der Waals surface area contributed by atoms with Crippen LogP contribution in [0.2, 0.25) is 0 Å². The van der Waals surface area contributed by atoms with Crippen LogP contribution >= 0.6 is 0 Å². The van der Waals surface area contributed by atoms with Gasteiger partial charge in [0.05, 0.1) is 10.6 Å². The quantitative estimate of drug-likeness (QED) is 0.439. The number of phenolic OH excluding ortho intramolecular Hbond substituents is 1. The first-order chi connectivity index (χ1) is 11.1. The first-order valence-corrected chi connectivity index (χ1v) is 6.69. The molecule has 114 valence electrons. The van der Waals surface area contributed by atoms with Crippen LogP contribution in [-0.2, 0) is 0 Å². The van der Waals surface area contributed by atoms with Crippen molar-refractivity contribution in [3.63, 3.8) is 0 Å². The van der Waals surface area contributed by atoms with Gasteiger partial charge in [-0.05, 0) is 36.4 Å². The van der Waals surface area contributed by atoms with E-state index in [0.29, 0.717) is 22.2 Å². The average molecular weight is 309 g/mol. The molecule has 0 spiro atoms. The van der Waals surface area contributed by atoms with Crippen LogP contribution in [0.1, 0.15) is 10.4 Å². The number of anilines is 1. The van der Waals surface area contributed by atoms with Gasteiger partial charge in [-0.25, -0.2) is 0 Å². The van der Waals surface area contributed by atoms with Crippen molar-refractivity contribution in [2.45, 2.75) is 0 Å².